The molecule has 0 aromatic heterocycles. The van der Waals surface area contributed by atoms with E-state index in [1.807, 2.05) is 6.92 Å². The van der Waals surface area contributed by atoms with Gasteiger partial charge >= 0.3 is 0 Å². The van der Waals surface area contributed by atoms with Crippen LogP contribution in [0.2, 0.25) is 0 Å². The van der Waals surface area contributed by atoms with E-state index in [0.29, 0.717) is 0 Å². The Hall–Kier alpha value is -0.670. The zero-order valence-electron chi connectivity index (χ0n) is 10.1. The number of ether oxygens (including phenoxy) is 1. The van der Waals surface area contributed by atoms with Gasteiger partial charge in [0.2, 0.25) is 0 Å². The van der Waals surface area contributed by atoms with E-state index >= 15 is 0 Å². The number of rotatable bonds is 7. The molecule has 1 aromatic carbocycles. The zero-order valence-corrected chi connectivity index (χ0v) is 11.0. The fraction of sp³-hybridized carbons (Fsp3) is 0.538. The van der Waals surface area contributed by atoms with Crippen LogP contribution in [0.5, 0.6) is 5.75 Å². The third-order valence-electron chi connectivity index (χ3n) is 2.42. The highest BCUT2D eigenvalue weighted by Gasteiger charge is 2.00. The van der Waals surface area contributed by atoms with Gasteiger partial charge in [-0.2, -0.15) is 12.6 Å². The molecule has 0 saturated carbocycles. The number of nitrogens with one attached hydrogen (secondary N) is 1. The molecule has 1 rings (SSSR count). The average Bonchev–Trinajstić information content (AvgIpc) is 2.28. The second-order valence-electron chi connectivity index (χ2n) is 3.76. The molecule has 3 heteroatoms. The van der Waals surface area contributed by atoms with E-state index in [1.54, 1.807) is 0 Å². The standard InChI is InChI=1S/C13H21NOS/c1-3-15-13-5-4-12(10-11(13)2)6-7-14-8-9-16/h4-5,10,14,16H,3,6-9H2,1-2H3. The van der Waals surface area contributed by atoms with Gasteiger partial charge in [0.1, 0.15) is 5.75 Å². The van der Waals surface area contributed by atoms with Gasteiger partial charge in [-0.05, 0) is 44.0 Å². The van der Waals surface area contributed by atoms with Crippen molar-refractivity contribution in [2.75, 3.05) is 25.4 Å². The van der Waals surface area contributed by atoms with Crippen LogP contribution in [0.25, 0.3) is 0 Å². The van der Waals surface area contributed by atoms with E-state index in [0.717, 1.165) is 37.6 Å². The summed E-state index contributed by atoms with van der Waals surface area (Å²) < 4.78 is 5.51. The third kappa shape index (κ3) is 4.45. The van der Waals surface area contributed by atoms with Gasteiger partial charge in [0.25, 0.3) is 0 Å². The van der Waals surface area contributed by atoms with Crippen molar-refractivity contribution in [2.24, 2.45) is 0 Å². The molecule has 0 aliphatic carbocycles. The van der Waals surface area contributed by atoms with Crippen molar-refractivity contribution in [2.45, 2.75) is 20.3 Å². The normalized spacial score (nSPS) is 10.4. The first-order valence-corrected chi connectivity index (χ1v) is 6.45. The smallest absolute Gasteiger partial charge is 0.122 e. The molecule has 0 atom stereocenters. The van der Waals surface area contributed by atoms with Crippen LogP contribution in [0, 0.1) is 6.92 Å². The molecule has 0 spiro atoms. The van der Waals surface area contributed by atoms with Crippen LogP contribution in [-0.2, 0) is 6.42 Å². The minimum absolute atomic E-state index is 0.726. The molecule has 16 heavy (non-hydrogen) atoms. The van der Waals surface area contributed by atoms with Gasteiger partial charge in [0.05, 0.1) is 6.61 Å². The summed E-state index contributed by atoms with van der Waals surface area (Å²) in [5.74, 6) is 1.89. The molecule has 0 heterocycles. The topological polar surface area (TPSA) is 21.3 Å². The van der Waals surface area contributed by atoms with Gasteiger partial charge in [0, 0.05) is 12.3 Å². The molecule has 0 bridgehead atoms. The van der Waals surface area contributed by atoms with Crippen molar-refractivity contribution in [1.29, 1.82) is 0 Å². The fourth-order valence-electron chi connectivity index (χ4n) is 1.62. The molecule has 0 fully saturated rings. The highest BCUT2D eigenvalue weighted by atomic mass is 32.1. The van der Waals surface area contributed by atoms with Crippen molar-refractivity contribution >= 4 is 12.6 Å². The Balaban J connectivity index is 2.46. The highest BCUT2D eigenvalue weighted by Crippen LogP contribution is 2.19. The van der Waals surface area contributed by atoms with Gasteiger partial charge < -0.3 is 10.1 Å². The van der Waals surface area contributed by atoms with E-state index in [4.69, 9.17) is 4.74 Å². The Bertz CT molecular complexity index is 315. The van der Waals surface area contributed by atoms with Gasteiger partial charge in [-0.1, -0.05) is 12.1 Å². The quantitative estimate of drug-likeness (QED) is 0.563. The van der Waals surface area contributed by atoms with Crippen LogP contribution >= 0.6 is 12.6 Å². The fourth-order valence-corrected chi connectivity index (χ4v) is 1.78. The van der Waals surface area contributed by atoms with Gasteiger partial charge in [0.15, 0.2) is 0 Å². The molecule has 1 N–H and O–H groups in total. The van der Waals surface area contributed by atoms with E-state index in [2.05, 4.69) is 43.1 Å². The minimum atomic E-state index is 0.726. The van der Waals surface area contributed by atoms with E-state index in [-0.39, 0.29) is 0 Å². The summed E-state index contributed by atoms with van der Waals surface area (Å²) in [4.78, 5) is 0. The second kappa shape index (κ2) is 7.58. The SMILES string of the molecule is CCOc1ccc(CCNCCS)cc1C. The van der Waals surface area contributed by atoms with Crippen molar-refractivity contribution in [1.82, 2.24) is 5.32 Å². The molecule has 2 nitrogen and oxygen atoms in total. The predicted octanol–water partition coefficient (Wildman–Crippen LogP) is 2.46. The van der Waals surface area contributed by atoms with Crippen molar-refractivity contribution in [3.8, 4) is 5.75 Å². The molecule has 0 amide bonds. The van der Waals surface area contributed by atoms with Crippen LogP contribution in [-0.4, -0.2) is 25.4 Å². The first-order valence-electron chi connectivity index (χ1n) is 5.81. The maximum atomic E-state index is 5.51. The van der Waals surface area contributed by atoms with E-state index < -0.39 is 0 Å². The van der Waals surface area contributed by atoms with Crippen LogP contribution in [0.1, 0.15) is 18.1 Å². The lowest BCUT2D eigenvalue weighted by molar-refractivity contribution is 0.338. The summed E-state index contributed by atoms with van der Waals surface area (Å²) in [6, 6.07) is 6.40. The Morgan fingerprint density at radius 1 is 1.31 bits per heavy atom. The molecule has 0 saturated heterocycles. The Morgan fingerprint density at radius 3 is 2.75 bits per heavy atom. The van der Waals surface area contributed by atoms with Crippen molar-refractivity contribution in [3.05, 3.63) is 29.3 Å². The van der Waals surface area contributed by atoms with Crippen molar-refractivity contribution < 1.29 is 4.74 Å². The van der Waals surface area contributed by atoms with Gasteiger partial charge in [-0.3, -0.25) is 0 Å². The number of hydrogen-bond donors (Lipinski definition) is 2. The number of hydrogen-bond acceptors (Lipinski definition) is 3. The maximum Gasteiger partial charge on any atom is 0.122 e. The van der Waals surface area contributed by atoms with E-state index in [9.17, 15) is 0 Å². The average molecular weight is 239 g/mol. The molecule has 1 aromatic rings. The molecule has 0 aliphatic rings. The summed E-state index contributed by atoms with van der Waals surface area (Å²) >= 11 is 4.15. The lowest BCUT2D eigenvalue weighted by atomic mass is 10.1. The highest BCUT2D eigenvalue weighted by molar-refractivity contribution is 7.80. The monoisotopic (exact) mass is 239 g/mol. The molecule has 90 valence electrons. The molecule has 0 unspecified atom stereocenters. The Morgan fingerprint density at radius 2 is 2.12 bits per heavy atom. The molecular formula is C13H21NOS. The molecule has 0 radical (unpaired) electrons. The number of aryl methyl sites for hydroxylation is 1. The summed E-state index contributed by atoms with van der Waals surface area (Å²) in [7, 11) is 0. The molecular weight excluding hydrogens is 218 g/mol. The summed E-state index contributed by atoms with van der Waals surface area (Å²) in [5, 5.41) is 3.34. The lowest BCUT2D eigenvalue weighted by Gasteiger charge is -2.09. The first kappa shape index (κ1) is 13.4. The molecule has 0 aliphatic heterocycles. The zero-order chi connectivity index (χ0) is 11.8. The predicted molar refractivity (Wildman–Crippen MR) is 72.8 cm³/mol. The maximum absolute atomic E-state index is 5.51. The largest absolute Gasteiger partial charge is 0.494 e. The third-order valence-corrected chi connectivity index (χ3v) is 2.64. The van der Waals surface area contributed by atoms with Crippen LogP contribution in [0.4, 0.5) is 0 Å². The Labute approximate surface area is 104 Å². The summed E-state index contributed by atoms with van der Waals surface area (Å²) in [6.07, 6.45) is 1.06. The van der Waals surface area contributed by atoms with Gasteiger partial charge in [-0.15, -0.1) is 0 Å². The van der Waals surface area contributed by atoms with Crippen LogP contribution in [0.15, 0.2) is 18.2 Å². The second-order valence-corrected chi connectivity index (χ2v) is 4.20. The lowest BCUT2D eigenvalue weighted by Crippen LogP contribution is -2.19. The van der Waals surface area contributed by atoms with E-state index in [1.165, 1.54) is 11.1 Å². The first-order chi connectivity index (χ1) is 7.77. The van der Waals surface area contributed by atoms with Crippen LogP contribution in [0.3, 0.4) is 0 Å². The Kier molecular flexibility index (Phi) is 6.34. The number of benzene rings is 1. The number of thiol groups is 1. The minimum Gasteiger partial charge on any atom is -0.494 e. The van der Waals surface area contributed by atoms with Crippen molar-refractivity contribution in [3.63, 3.8) is 0 Å². The summed E-state index contributed by atoms with van der Waals surface area (Å²) in [6.45, 7) is 6.81. The van der Waals surface area contributed by atoms with Gasteiger partial charge in [-0.25, -0.2) is 0 Å². The summed E-state index contributed by atoms with van der Waals surface area (Å²) in [5.41, 5.74) is 2.57. The van der Waals surface area contributed by atoms with Crippen LogP contribution < -0.4 is 10.1 Å².